The van der Waals surface area contributed by atoms with Gasteiger partial charge in [-0.1, -0.05) is 74.4 Å². The van der Waals surface area contributed by atoms with Crippen LogP contribution in [0.5, 0.6) is 5.75 Å². The Balaban J connectivity index is 1.44. The maximum Gasteiger partial charge on any atom is 0.166 e. The minimum absolute atomic E-state index is 0.107. The van der Waals surface area contributed by atoms with Gasteiger partial charge in [0, 0.05) is 5.56 Å². The zero-order valence-electron chi connectivity index (χ0n) is 20.5. The number of ether oxygens (including phenoxy) is 1. The predicted molar refractivity (Wildman–Crippen MR) is 138 cm³/mol. The molecule has 0 aromatic heterocycles. The lowest BCUT2D eigenvalue weighted by molar-refractivity contribution is 0.303. The molecule has 1 aliphatic rings. The summed E-state index contributed by atoms with van der Waals surface area (Å²) in [6.07, 6.45) is 9.83. The second-order valence-corrected chi connectivity index (χ2v) is 9.41. The highest BCUT2D eigenvalue weighted by Crippen LogP contribution is 2.39. The number of rotatable bonds is 8. The monoisotopic (exact) mass is 478 g/mol. The SMILES string of the molecule is CCCC1CCC(c2ccc(/C=C/c3ccc(-c4ccc(OCC)c(F)c4)cc3)c(F)c2F)CC1. The van der Waals surface area contributed by atoms with Crippen LogP contribution < -0.4 is 4.74 Å². The van der Waals surface area contributed by atoms with E-state index in [1.807, 2.05) is 37.3 Å². The molecule has 0 aliphatic heterocycles. The first kappa shape index (κ1) is 25.1. The molecule has 3 aromatic rings. The summed E-state index contributed by atoms with van der Waals surface area (Å²) in [7, 11) is 0. The van der Waals surface area contributed by atoms with E-state index in [2.05, 4.69) is 6.92 Å². The second-order valence-electron chi connectivity index (χ2n) is 9.41. The topological polar surface area (TPSA) is 9.23 Å². The van der Waals surface area contributed by atoms with E-state index in [0.717, 1.165) is 48.3 Å². The van der Waals surface area contributed by atoms with Crippen molar-refractivity contribution in [2.75, 3.05) is 6.61 Å². The summed E-state index contributed by atoms with van der Waals surface area (Å²) >= 11 is 0. The summed E-state index contributed by atoms with van der Waals surface area (Å²) in [5, 5.41) is 0. The van der Waals surface area contributed by atoms with Crippen LogP contribution in [0.1, 0.15) is 75.0 Å². The average molecular weight is 479 g/mol. The molecule has 35 heavy (non-hydrogen) atoms. The zero-order valence-corrected chi connectivity index (χ0v) is 20.5. The zero-order chi connectivity index (χ0) is 24.8. The van der Waals surface area contributed by atoms with Crippen LogP contribution in [-0.2, 0) is 0 Å². The highest BCUT2D eigenvalue weighted by atomic mass is 19.2. The molecule has 1 aliphatic carbocycles. The molecule has 1 nitrogen and oxygen atoms in total. The van der Waals surface area contributed by atoms with Crippen LogP contribution in [-0.4, -0.2) is 6.61 Å². The smallest absolute Gasteiger partial charge is 0.166 e. The van der Waals surface area contributed by atoms with Crippen LogP contribution in [0.15, 0.2) is 54.6 Å². The average Bonchev–Trinajstić information content (AvgIpc) is 2.87. The first-order chi connectivity index (χ1) is 17.0. The molecule has 3 aromatic carbocycles. The lowest BCUT2D eigenvalue weighted by Gasteiger charge is -2.29. The van der Waals surface area contributed by atoms with E-state index in [4.69, 9.17) is 4.74 Å². The highest BCUT2D eigenvalue weighted by molar-refractivity contribution is 5.72. The molecule has 0 atom stereocenters. The summed E-state index contributed by atoms with van der Waals surface area (Å²) in [5.41, 5.74) is 3.21. The van der Waals surface area contributed by atoms with Crippen LogP contribution in [0.3, 0.4) is 0 Å². The third-order valence-corrected chi connectivity index (χ3v) is 7.06. The Bertz CT molecular complexity index is 1160. The summed E-state index contributed by atoms with van der Waals surface area (Å²) in [5.74, 6) is -0.819. The number of benzene rings is 3. The molecular formula is C31H33F3O. The maximum absolute atomic E-state index is 14.9. The normalized spacial score (nSPS) is 18.2. The van der Waals surface area contributed by atoms with Gasteiger partial charge in [0.2, 0.25) is 0 Å². The molecule has 0 unspecified atom stereocenters. The van der Waals surface area contributed by atoms with Gasteiger partial charge >= 0.3 is 0 Å². The van der Waals surface area contributed by atoms with E-state index < -0.39 is 17.5 Å². The summed E-state index contributed by atoms with van der Waals surface area (Å²) in [4.78, 5) is 0. The molecule has 1 fully saturated rings. The fourth-order valence-electron chi connectivity index (χ4n) is 5.12. The van der Waals surface area contributed by atoms with Gasteiger partial charge in [0.25, 0.3) is 0 Å². The highest BCUT2D eigenvalue weighted by Gasteiger charge is 2.25. The van der Waals surface area contributed by atoms with Crippen LogP contribution in [0.4, 0.5) is 13.2 Å². The maximum atomic E-state index is 14.9. The van der Waals surface area contributed by atoms with E-state index in [1.54, 1.807) is 30.4 Å². The lowest BCUT2D eigenvalue weighted by atomic mass is 9.77. The van der Waals surface area contributed by atoms with Crippen molar-refractivity contribution < 1.29 is 17.9 Å². The van der Waals surface area contributed by atoms with E-state index >= 15 is 0 Å². The van der Waals surface area contributed by atoms with Gasteiger partial charge in [-0.15, -0.1) is 0 Å². The van der Waals surface area contributed by atoms with E-state index in [9.17, 15) is 13.2 Å². The molecular weight excluding hydrogens is 445 g/mol. The summed E-state index contributed by atoms with van der Waals surface area (Å²) in [6, 6.07) is 15.8. The van der Waals surface area contributed by atoms with Gasteiger partial charge in [-0.05, 0) is 78.8 Å². The van der Waals surface area contributed by atoms with Gasteiger partial charge < -0.3 is 4.74 Å². The van der Waals surface area contributed by atoms with Crippen LogP contribution in [0, 0.1) is 23.4 Å². The molecule has 0 N–H and O–H groups in total. The van der Waals surface area contributed by atoms with Crippen molar-refractivity contribution in [2.45, 2.75) is 58.3 Å². The van der Waals surface area contributed by atoms with Gasteiger partial charge in [0.05, 0.1) is 6.61 Å². The second kappa shape index (κ2) is 11.6. The standard InChI is InChI=1S/C31H33F3O/c1-3-5-21-8-13-24(14-9-21)27-18-16-25(30(33)31(27)34)15-10-22-6-11-23(12-7-22)26-17-19-29(35-4-2)28(32)20-26/h6-7,10-12,15-21,24H,3-5,8-9,13-14H2,1-2H3/b15-10+. The Hall–Kier alpha value is -3.01. The Kier molecular flexibility index (Phi) is 8.33. The van der Waals surface area contributed by atoms with Crippen LogP contribution in [0.2, 0.25) is 0 Å². The third-order valence-electron chi connectivity index (χ3n) is 7.06. The van der Waals surface area contributed by atoms with Crippen LogP contribution in [0.25, 0.3) is 23.3 Å². The van der Waals surface area contributed by atoms with Gasteiger partial charge in [0.15, 0.2) is 23.2 Å². The van der Waals surface area contributed by atoms with Gasteiger partial charge in [-0.3, -0.25) is 0 Å². The van der Waals surface area contributed by atoms with Gasteiger partial charge in [-0.2, -0.15) is 0 Å². The fraction of sp³-hybridized carbons (Fsp3) is 0.355. The molecule has 0 bridgehead atoms. The molecule has 0 spiro atoms. The minimum atomic E-state index is -0.782. The van der Waals surface area contributed by atoms with E-state index in [0.29, 0.717) is 12.2 Å². The molecule has 184 valence electrons. The van der Waals surface area contributed by atoms with Crippen LogP contribution >= 0.6 is 0 Å². The molecule has 0 heterocycles. The van der Waals surface area contributed by atoms with Gasteiger partial charge in [-0.25, -0.2) is 13.2 Å². The molecule has 0 amide bonds. The molecule has 0 radical (unpaired) electrons. The van der Waals surface area contributed by atoms with E-state index in [1.165, 1.54) is 18.9 Å². The molecule has 4 rings (SSSR count). The Morgan fingerprint density at radius 3 is 2.17 bits per heavy atom. The predicted octanol–water partition coefficient (Wildman–Crippen LogP) is 9.41. The van der Waals surface area contributed by atoms with Crippen molar-refractivity contribution in [1.29, 1.82) is 0 Å². The number of hydrogen-bond donors (Lipinski definition) is 0. The molecule has 0 saturated heterocycles. The van der Waals surface area contributed by atoms with Crippen molar-refractivity contribution in [3.05, 3.63) is 88.7 Å². The Labute approximate surface area is 206 Å². The van der Waals surface area contributed by atoms with E-state index in [-0.39, 0.29) is 17.2 Å². The summed E-state index contributed by atoms with van der Waals surface area (Å²) < 4.78 is 49.2. The first-order valence-corrected chi connectivity index (χ1v) is 12.7. The van der Waals surface area contributed by atoms with Gasteiger partial charge in [0.1, 0.15) is 0 Å². The lowest BCUT2D eigenvalue weighted by Crippen LogP contribution is -2.15. The number of halogens is 3. The molecule has 1 saturated carbocycles. The van der Waals surface area contributed by atoms with Crippen molar-refractivity contribution >= 4 is 12.2 Å². The van der Waals surface area contributed by atoms with Crippen molar-refractivity contribution in [1.82, 2.24) is 0 Å². The van der Waals surface area contributed by atoms with Crippen molar-refractivity contribution in [3.8, 4) is 16.9 Å². The quantitative estimate of drug-likeness (QED) is 0.293. The fourth-order valence-corrected chi connectivity index (χ4v) is 5.12. The minimum Gasteiger partial charge on any atom is -0.491 e. The van der Waals surface area contributed by atoms with Crippen molar-refractivity contribution in [3.63, 3.8) is 0 Å². The molecule has 4 heteroatoms. The number of hydrogen-bond acceptors (Lipinski definition) is 1. The largest absolute Gasteiger partial charge is 0.491 e. The summed E-state index contributed by atoms with van der Waals surface area (Å²) in [6.45, 7) is 4.42. The third kappa shape index (κ3) is 5.98. The first-order valence-electron chi connectivity index (χ1n) is 12.7. The Morgan fingerprint density at radius 1 is 0.800 bits per heavy atom. The Morgan fingerprint density at radius 2 is 1.51 bits per heavy atom. The van der Waals surface area contributed by atoms with Crippen molar-refractivity contribution in [2.24, 2.45) is 5.92 Å².